The van der Waals surface area contributed by atoms with Gasteiger partial charge in [0.05, 0.1) is 42.3 Å². The average molecular weight is 594 g/mol. The van der Waals surface area contributed by atoms with Gasteiger partial charge in [0.1, 0.15) is 12.2 Å². The van der Waals surface area contributed by atoms with E-state index in [1.807, 2.05) is 13.8 Å². The molecular formula is C29H34Cl2N2O7. The summed E-state index contributed by atoms with van der Waals surface area (Å²) in [7, 11) is 1.47. The first-order valence-corrected chi connectivity index (χ1v) is 13.9. The zero-order chi connectivity index (χ0) is 29.1. The van der Waals surface area contributed by atoms with Gasteiger partial charge in [0.2, 0.25) is 11.8 Å². The maximum atomic E-state index is 13.6. The molecule has 0 aromatic heterocycles. The second kappa shape index (κ2) is 12.8. The van der Waals surface area contributed by atoms with Crippen molar-refractivity contribution in [1.82, 2.24) is 10.2 Å². The molecule has 4 rings (SSSR count). The van der Waals surface area contributed by atoms with E-state index in [1.54, 1.807) is 36.4 Å². The number of benzene rings is 2. The number of hydrogen-bond donors (Lipinski definition) is 4. The van der Waals surface area contributed by atoms with Gasteiger partial charge in [-0.1, -0.05) is 43.1 Å². The maximum absolute atomic E-state index is 13.6. The minimum absolute atomic E-state index is 0.0216. The van der Waals surface area contributed by atoms with Crippen LogP contribution in [0.3, 0.4) is 0 Å². The summed E-state index contributed by atoms with van der Waals surface area (Å²) in [6.45, 7) is 3.46. The van der Waals surface area contributed by atoms with Crippen LogP contribution in [-0.2, 0) is 22.7 Å². The Morgan fingerprint density at radius 3 is 2.50 bits per heavy atom. The molecule has 2 aliphatic rings. The van der Waals surface area contributed by atoms with Crippen molar-refractivity contribution >= 4 is 35.0 Å². The quantitative estimate of drug-likeness (QED) is 0.333. The number of carbonyl (C=O) groups excluding carboxylic acids is 2. The van der Waals surface area contributed by atoms with E-state index in [2.05, 4.69) is 5.32 Å². The fourth-order valence-electron chi connectivity index (χ4n) is 5.28. The summed E-state index contributed by atoms with van der Waals surface area (Å²) in [6.07, 6.45) is -0.322. The van der Waals surface area contributed by atoms with Gasteiger partial charge in [-0.05, 0) is 47.4 Å². The number of aliphatic hydroxyl groups is 3. The predicted molar refractivity (Wildman–Crippen MR) is 151 cm³/mol. The molecule has 4 N–H and O–H groups in total. The molecule has 9 nitrogen and oxygen atoms in total. The Morgan fingerprint density at radius 1 is 1.12 bits per heavy atom. The number of rotatable bonds is 10. The molecule has 0 fully saturated rings. The van der Waals surface area contributed by atoms with Crippen LogP contribution in [0.5, 0.6) is 11.5 Å². The number of nitrogens with one attached hydrogen (secondary N) is 1. The highest BCUT2D eigenvalue weighted by Crippen LogP contribution is 2.51. The molecule has 4 atom stereocenters. The molecule has 40 heavy (non-hydrogen) atoms. The van der Waals surface area contributed by atoms with Crippen molar-refractivity contribution in [3.8, 4) is 11.5 Å². The van der Waals surface area contributed by atoms with Crippen LogP contribution in [0.25, 0.3) is 0 Å². The molecule has 0 spiro atoms. The lowest BCUT2D eigenvalue weighted by atomic mass is 9.77. The Labute approximate surface area is 243 Å². The molecular weight excluding hydrogens is 559 g/mol. The van der Waals surface area contributed by atoms with Crippen LogP contribution in [0, 0.1) is 5.92 Å². The molecule has 1 aliphatic carbocycles. The summed E-state index contributed by atoms with van der Waals surface area (Å²) >= 11 is 12.3. The summed E-state index contributed by atoms with van der Waals surface area (Å²) in [5.74, 6) is -0.616. The van der Waals surface area contributed by atoms with E-state index < -0.39 is 30.1 Å². The summed E-state index contributed by atoms with van der Waals surface area (Å²) < 4.78 is 11.8. The van der Waals surface area contributed by atoms with Crippen molar-refractivity contribution < 1.29 is 34.4 Å². The van der Waals surface area contributed by atoms with Crippen molar-refractivity contribution in [2.45, 2.75) is 57.6 Å². The van der Waals surface area contributed by atoms with E-state index in [4.69, 9.17) is 32.7 Å². The van der Waals surface area contributed by atoms with Gasteiger partial charge in [-0.3, -0.25) is 9.59 Å². The van der Waals surface area contributed by atoms with Crippen LogP contribution in [0.2, 0.25) is 10.0 Å². The topological polar surface area (TPSA) is 129 Å². The summed E-state index contributed by atoms with van der Waals surface area (Å²) in [5.41, 5.74) is 2.12. The van der Waals surface area contributed by atoms with Gasteiger partial charge in [0.15, 0.2) is 11.5 Å². The monoisotopic (exact) mass is 592 g/mol. The molecule has 0 unspecified atom stereocenters. The number of hydrogen-bond acceptors (Lipinski definition) is 7. The molecule has 11 heteroatoms. The number of ether oxygens (including phenoxy) is 2. The minimum atomic E-state index is -1.21. The molecule has 2 amide bonds. The SMILES string of the molecule is COc1cc(CO)cc2c1O[C@@H]1[C@@H](O)[C@H](N(Cc3ccc(Cl)c(Cl)c3)C(=O)CC(C)C)C=C(C(=O)NCCO)[C@H]21. The lowest BCUT2D eigenvalue weighted by Gasteiger charge is -2.41. The van der Waals surface area contributed by atoms with Crippen LogP contribution < -0.4 is 14.8 Å². The Morgan fingerprint density at radius 2 is 1.88 bits per heavy atom. The number of halogens is 2. The van der Waals surface area contributed by atoms with Gasteiger partial charge in [-0.15, -0.1) is 0 Å². The van der Waals surface area contributed by atoms with Gasteiger partial charge in [-0.2, -0.15) is 0 Å². The molecule has 0 saturated carbocycles. The van der Waals surface area contributed by atoms with Gasteiger partial charge in [0.25, 0.3) is 0 Å². The van der Waals surface area contributed by atoms with E-state index >= 15 is 0 Å². The van der Waals surface area contributed by atoms with Crippen molar-refractivity contribution in [2.24, 2.45) is 5.92 Å². The lowest BCUT2D eigenvalue weighted by molar-refractivity contribution is -0.138. The van der Waals surface area contributed by atoms with E-state index in [1.165, 1.54) is 12.0 Å². The number of amides is 2. The first kappa shape index (κ1) is 30.1. The first-order valence-electron chi connectivity index (χ1n) is 13.1. The van der Waals surface area contributed by atoms with E-state index in [-0.39, 0.29) is 50.1 Å². The Balaban J connectivity index is 1.82. The Hall–Kier alpha value is -2.82. The summed E-state index contributed by atoms with van der Waals surface area (Å²) in [6, 6.07) is 7.50. The normalized spacial score (nSPS) is 21.3. The smallest absolute Gasteiger partial charge is 0.247 e. The third kappa shape index (κ3) is 6.09. The predicted octanol–water partition coefficient (Wildman–Crippen LogP) is 3.19. The minimum Gasteiger partial charge on any atom is -0.493 e. The van der Waals surface area contributed by atoms with Crippen LogP contribution in [0.1, 0.15) is 42.9 Å². The zero-order valence-corrected chi connectivity index (χ0v) is 24.1. The highest BCUT2D eigenvalue weighted by atomic mass is 35.5. The molecule has 1 aliphatic heterocycles. The highest BCUT2D eigenvalue weighted by molar-refractivity contribution is 6.42. The lowest BCUT2D eigenvalue weighted by Crippen LogP contribution is -2.55. The molecule has 216 valence electrons. The van der Waals surface area contributed by atoms with Gasteiger partial charge in [0, 0.05) is 30.6 Å². The molecule has 0 radical (unpaired) electrons. The highest BCUT2D eigenvalue weighted by Gasteiger charge is 2.51. The molecule has 1 heterocycles. The number of aliphatic hydroxyl groups excluding tert-OH is 3. The number of fused-ring (bicyclic) bond motifs is 3. The van der Waals surface area contributed by atoms with E-state index in [0.717, 1.165) is 0 Å². The summed E-state index contributed by atoms with van der Waals surface area (Å²) in [5, 5.41) is 34.3. The second-order valence-electron chi connectivity index (χ2n) is 10.4. The van der Waals surface area contributed by atoms with Crippen molar-refractivity contribution in [1.29, 1.82) is 0 Å². The number of carbonyl (C=O) groups is 2. The number of methoxy groups -OCH3 is 1. The van der Waals surface area contributed by atoms with Crippen LogP contribution in [0.15, 0.2) is 42.0 Å². The van der Waals surface area contributed by atoms with Gasteiger partial charge < -0.3 is 35.0 Å². The molecule has 2 aromatic carbocycles. The van der Waals surface area contributed by atoms with Crippen LogP contribution in [0.4, 0.5) is 0 Å². The zero-order valence-electron chi connectivity index (χ0n) is 22.6. The van der Waals surface area contributed by atoms with Crippen LogP contribution in [-0.4, -0.2) is 70.5 Å². The fourth-order valence-corrected chi connectivity index (χ4v) is 5.60. The maximum Gasteiger partial charge on any atom is 0.247 e. The van der Waals surface area contributed by atoms with Crippen LogP contribution >= 0.6 is 23.2 Å². The summed E-state index contributed by atoms with van der Waals surface area (Å²) in [4.78, 5) is 28.6. The third-order valence-electron chi connectivity index (χ3n) is 7.09. The van der Waals surface area contributed by atoms with Gasteiger partial charge >= 0.3 is 0 Å². The third-order valence-corrected chi connectivity index (χ3v) is 7.83. The van der Waals surface area contributed by atoms with E-state index in [0.29, 0.717) is 38.2 Å². The Kier molecular flexibility index (Phi) is 9.64. The molecule has 0 saturated heterocycles. The molecule has 2 aromatic rings. The Bertz CT molecular complexity index is 1300. The average Bonchev–Trinajstić information content (AvgIpc) is 3.32. The second-order valence-corrected chi connectivity index (χ2v) is 11.2. The standard InChI is InChI=1S/C29H34Cl2N2O7/c1-15(2)8-24(36)33(13-16-4-5-20(30)21(31)10-16)22-12-19(29(38)32-6-7-34)25-18-9-17(14-35)11-23(39-3)27(18)40-28(25)26(22)37/h4-5,9-12,15,22,25-26,28,34-35,37H,6-8,13-14H2,1-3H3,(H,32,38)/t22-,25+,26+,28+/m1/s1. The van der Waals surface area contributed by atoms with Crippen molar-refractivity contribution in [2.75, 3.05) is 20.3 Å². The fraction of sp³-hybridized carbons (Fsp3) is 0.448. The molecule has 0 bridgehead atoms. The van der Waals surface area contributed by atoms with Crippen molar-refractivity contribution in [3.05, 3.63) is 68.7 Å². The largest absolute Gasteiger partial charge is 0.493 e. The van der Waals surface area contributed by atoms with Gasteiger partial charge in [-0.25, -0.2) is 0 Å². The van der Waals surface area contributed by atoms with Crippen molar-refractivity contribution in [3.63, 3.8) is 0 Å². The first-order chi connectivity index (χ1) is 19.1. The number of nitrogens with zero attached hydrogens (tertiary/aromatic N) is 1. The van der Waals surface area contributed by atoms with E-state index in [9.17, 15) is 24.9 Å².